The average molecular weight is 294 g/mol. The van der Waals surface area contributed by atoms with E-state index < -0.39 is 11.7 Å². The fourth-order valence-corrected chi connectivity index (χ4v) is 2.02. The molecule has 0 aliphatic rings. The lowest BCUT2D eigenvalue weighted by molar-refractivity contribution is 0.102. The first-order valence-corrected chi connectivity index (χ1v) is 6.36. The van der Waals surface area contributed by atoms with Crippen molar-refractivity contribution in [2.45, 2.75) is 13.5 Å². The highest BCUT2D eigenvalue weighted by atomic mass is 35.5. The standard InChI is InChI=1S/C15H13ClFNO2/c1-9-2-3-10(8-19)6-14(9)18-15(20)12-5-4-11(17)7-13(12)16/h2-7,19H,8H2,1H3,(H,18,20). The molecular weight excluding hydrogens is 281 g/mol. The molecule has 5 heteroatoms. The third kappa shape index (κ3) is 3.15. The van der Waals surface area contributed by atoms with Crippen molar-refractivity contribution in [3.63, 3.8) is 0 Å². The highest BCUT2D eigenvalue weighted by molar-refractivity contribution is 6.34. The molecule has 0 bridgehead atoms. The monoisotopic (exact) mass is 293 g/mol. The van der Waals surface area contributed by atoms with Crippen LogP contribution in [0.4, 0.5) is 10.1 Å². The fourth-order valence-electron chi connectivity index (χ4n) is 1.77. The molecule has 20 heavy (non-hydrogen) atoms. The maximum Gasteiger partial charge on any atom is 0.257 e. The maximum absolute atomic E-state index is 13.0. The van der Waals surface area contributed by atoms with Crippen LogP contribution in [-0.2, 0) is 6.61 Å². The van der Waals surface area contributed by atoms with Crippen molar-refractivity contribution in [1.29, 1.82) is 0 Å². The van der Waals surface area contributed by atoms with Gasteiger partial charge in [0, 0.05) is 5.69 Å². The predicted octanol–water partition coefficient (Wildman–Crippen LogP) is 3.53. The molecule has 0 atom stereocenters. The van der Waals surface area contributed by atoms with Crippen LogP contribution in [-0.4, -0.2) is 11.0 Å². The summed E-state index contributed by atoms with van der Waals surface area (Å²) in [6.45, 7) is 1.73. The van der Waals surface area contributed by atoms with Crippen molar-refractivity contribution in [2.75, 3.05) is 5.32 Å². The van der Waals surface area contributed by atoms with Gasteiger partial charge in [-0.25, -0.2) is 4.39 Å². The van der Waals surface area contributed by atoms with Crippen molar-refractivity contribution in [2.24, 2.45) is 0 Å². The summed E-state index contributed by atoms with van der Waals surface area (Å²) in [5, 5.41) is 11.9. The van der Waals surface area contributed by atoms with Gasteiger partial charge in [0.1, 0.15) is 5.82 Å². The van der Waals surface area contributed by atoms with Gasteiger partial charge in [-0.05, 0) is 42.3 Å². The van der Waals surface area contributed by atoms with Gasteiger partial charge in [0.2, 0.25) is 0 Å². The number of halogens is 2. The van der Waals surface area contributed by atoms with Crippen LogP contribution < -0.4 is 5.32 Å². The molecule has 0 unspecified atom stereocenters. The number of benzene rings is 2. The number of nitrogens with one attached hydrogen (secondary N) is 1. The minimum Gasteiger partial charge on any atom is -0.392 e. The van der Waals surface area contributed by atoms with Gasteiger partial charge in [-0.15, -0.1) is 0 Å². The number of anilines is 1. The first kappa shape index (κ1) is 14.5. The van der Waals surface area contributed by atoms with Gasteiger partial charge in [0.05, 0.1) is 17.2 Å². The molecule has 2 rings (SSSR count). The molecule has 2 N–H and O–H groups in total. The summed E-state index contributed by atoms with van der Waals surface area (Å²) >= 11 is 5.85. The quantitative estimate of drug-likeness (QED) is 0.909. The highest BCUT2D eigenvalue weighted by Crippen LogP contribution is 2.21. The molecule has 104 valence electrons. The molecule has 0 aromatic heterocycles. The number of aryl methyl sites for hydroxylation is 1. The Labute approximate surface area is 121 Å². The molecule has 0 aliphatic heterocycles. The van der Waals surface area contributed by atoms with Crippen LogP contribution >= 0.6 is 11.6 Å². The molecule has 0 saturated heterocycles. The number of carbonyl (C=O) groups excluding carboxylic acids is 1. The summed E-state index contributed by atoms with van der Waals surface area (Å²) in [5.74, 6) is -0.918. The van der Waals surface area contributed by atoms with Gasteiger partial charge < -0.3 is 10.4 Å². The van der Waals surface area contributed by atoms with Gasteiger partial charge >= 0.3 is 0 Å². The van der Waals surface area contributed by atoms with E-state index in [0.29, 0.717) is 11.3 Å². The number of rotatable bonds is 3. The number of aliphatic hydroxyl groups excluding tert-OH is 1. The van der Waals surface area contributed by atoms with Crippen LogP contribution in [0.2, 0.25) is 5.02 Å². The Balaban J connectivity index is 2.27. The number of amides is 1. The van der Waals surface area contributed by atoms with Crippen LogP contribution in [0.3, 0.4) is 0 Å². The van der Waals surface area contributed by atoms with E-state index in [9.17, 15) is 9.18 Å². The zero-order valence-electron chi connectivity index (χ0n) is 10.8. The summed E-state index contributed by atoms with van der Waals surface area (Å²) in [4.78, 5) is 12.1. The van der Waals surface area contributed by atoms with E-state index in [1.54, 1.807) is 18.2 Å². The second kappa shape index (κ2) is 6.03. The lowest BCUT2D eigenvalue weighted by Gasteiger charge is -2.10. The van der Waals surface area contributed by atoms with Crippen LogP contribution in [0.15, 0.2) is 36.4 Å². The van der Waals surface area contributed by atoms with Crippen molar-refractivity contribution in [3.05, 3.63) is 63.9 Å². The predicted molar refractivity (Wildman–Crippen MR) is 76.5 cm³/mol. The van der Waals surface area contributed by atoms with Crippen molar-refractivity contribution in [1.82, 2.24) is 0 Å². The zero-order valence-corrected chi connectivity index (χ0v) is 11.5. The minimum absolute atomic E-state index is 0.0541. The van der Waals surface area contributed by atoms with E-state index in [-0.39, 0.29) is 17.2 Å². The summed E-state index contributed by atoms with van der Waals surface area (Å²) in [5.41, 5.74) is 2.33. The third-order valence-corrected chi connectivity index (χ3v) is 3.22. The number of hydrogen-bond donors (Lipinski definition) is 2. The Hall–Kier alpha value is -1.91. The van der Waals surface area contributed by atoms with Gasteiger partial charge in [0.15, 0.2) is 0 Å². The van der Waals surface area contributed by atoms with E-state index in [1.165, 1.54) is 12.1 Å². The fraction of sp³-hybridized carbons (Fsp3) is 0.133. The highest BCUT2D eigenvalue weighted by Gasteiger charge is 2.12. The molecule has 0 radical (unpaired) electrons. The Morgan fingerprint density at radius 2 is 2.05 bits per heavy atom. The lowest BCUT2D eigenvalue weighted by Crippen LogP contribution is -2.13. The lowest BCUT2D eigenvalue weighted by atomic mass is 10.1. The van der Waals surface area contributed by atoms with Crippen molar-refractivity contribution < 1.29 is 14.3 Å². The van der Waals surface area contributed by atoms with Gasteiger partial charge in [-0.2, -0.15) is 0 Å². The summed E-state index contributed by atoms with van der Waals surface area (Å²) in [6, 6.07) is 8.86. The van der Waals surface area contributed by atoms with Crippen LogP contribution in [0.25, 0.3) is 0 Å². The van der Waals surface area contributed by atoms with E-state index in [4.69, 9.17) is 16.7 Å². The first-order chi connectivity index (χ1) is 9.51. The molecular formula is C15H13ClFNO2. The average Bonchev–Trinajstić information content (AvgIpc) is 2.41. The SMILES string of the molecule is Cc1ccc(CO)cc1NC(=O)c1ccc(F)cc1Cl. The summed E-state index contributed by atoms with van der Waals surface area (Å²) in [6.07, 6.45) is 0. The van der Waals surface area contributed by atoms with E-state index in [2.05, 4.69) is 5.32 Å². The Morgan fingerprint density at radius 3 is 2.70 bits per heavy atom. The minimum atomic E-state index is -0.495. The Morgan fingerprint density at radius 1 is 1.30 bits per heavy atom. The molecule has 2 aromatic carbocycles. The first-order valence-electron chi connectivity index (χ1n) is 5.98. The molecule has 0 heterocycles. The normalized spacial score (nSPS) is 10.4. The van der Waals surface area contributed by atoms with Crippen molar-refractivity contribution >= 4 is 23.2 Å². The van der Waals surface area contributed by atoms with E-state index in [0.717, 1.165) is 11.6 Å². The summed E-state index contributed by atoms with van der Waals surface area (Å²) in [7, 11) is 0. The van der Waals surface area contributed by atoms with Crippen LogP contribution in [0.1, 0.15) is 21.5 Å². The van der Waals surface area contributed by atoms with Crippen LogP contribution in [0, 0.1) is 12.7 Å². The number of carbonyl (C=O) groups is 1. The largest absolute Gasteiger partial charge is 0.392 e. The molecule has 0 aliphatic carbocycles. The van der Waals surface area contributed by atoms with E-state index >= 15 is 0 Å². The topological polar surface area (TPSA) is 49.3 Å². The van der Waals surface area contributed by atoms with Crippen LogP contribution in [0.5, 0.6) is 0 Å². The van der Waals surface area contributed by atoms with Gasteiger partial charge in [0.25, 0.3) is 5.91 Å². The molecule has 0 fully saturated rings. The molecule has 0 saturated carbocycles. The number of aliphatic hydroxyl groups is 1. The van der Waals surface area contributed by atoms with Crippen molar-refractivity contribution in [3.8, 4) is 0 Å². The second-order valence-corrected chi connectivity index (χ2v) is 4.79. The zero-order chi connectivity index (χ0) is 14.7. The van der Waals surface area contributed by atoms with E-state index in [1.807, 2.05) is 6.92 Å². The van der Waals surface area contributed by atoms with Gasteiger partial charge in [-0.1, -0.05) is 23.7 Å². The Bertz CT molecular complexity index is 658. The third-order valence-electron chi connectivity index (χ3n) is 2.91. The molecule has 0 spiro atoms. The molecule has 1 amide bonds. The molecule has 3 nitrogen and oxygen atoms in total. The smallest absolute Gasteiger partial charge is 0.257 e. The molecule has 2 aromatic rings. The summed E-state index contributed by atoms with van der Waals surface area (Å²) < 4.78 is 13.0. The Kier molecular flexibility index (Phi) is 4.37. The van der Waals surface area contributed by atoms with Gasteiger partial charge in [-0.3, -0.25) is 4.79 Å². The second-order valence-electron chi connectivity index (χ2n) is 4.39. The maximum atomic E-state index is 13.0. The number of hydrogen-bond acceptors (Lipinski definition) is 2.